The smallest absolute Gasteiger partial charge is 0.295 e. The zero-order valence-corrected chi connectivity index (χ0v) is 18.7. The average Bonchev–Trinajstić information content (AvgIpc) is 2.98. The van der Waals surface area contributed by atoms with Crippen molar-refractivity contribution in [2.45, 2.75) is 32.2 Å². The van der Waals surface area contributed by atoms with Crippen LogP contribution in [0.1, 0.15) is 43.4 Å². The second-order valence-electron chi connectivity index (χ2n) is 7.26. The fourth-order valence-electron chi connectivity index (χ4n) is 3.73. The maximum atomic E-state index is 13.0. The average molecular weight is 464 g/mol. The van der Waals surface area contributed by atoms with Gasteiger partial charge in [-0.1, -0.05) is 55.1 Å². The highest BCUT2D eigenvalue weighted by Crippen LogP contribution is 2.43. The van der Waals surface area contributed by atoms with Crippen molar-refractivity contribution in [2.75, 3.05) is 13.7 Å². The summed E-state index contributed by atoms with van der Waals surface area (Å²) in [5.41, 5.74) is 0.626. The Morgan fingerprint density at radius 1 is 1.13 bits per heavy atom. The fraction of sp³-hybridized carbons (Fsp3) is 0.304. The van der Waals surface area contributed by atoms with Gasteiger partial charge < -0.3 is 19.8 Å². The highest BCUT2D eigenvalue weighted by Gasteiger charge is 2.46. The van der Waals surface area contributed by atoms with E-state index in [1.807, 2.05) is 6.92 Å². The standard InChI is InChI=1S/C23H23Cl2NO5/c1-3-4-5-10-26-19(13-6-8-15(27)9-7-13)18(21(29)23(26)30)20(28)16-11-14(24)12-17(25)22(16)31-2/h6-9,11-12,19,27-28H,3-5,10H2,1-2H3/b20-18+. The number of ether oxygens (including phenoxy) is 1. The molecule has 0 spiro atoms. The molecular weight excluding hydrogens is 441 g/mol. The van der Waals surface area contributed by atoms with Gasteiger partial charge in [-0.25, -0.2) is 0 Å². The van der Waals surface area contributed by atoms with E-state index in [-0.39, 0.29) is 32.7 Å². The van der Waals surface area contributed by atoms with Crippen LogP contribution in [0.5, 0.6) is 11.5 Å². The first kappa shape index (κ1) is 23.0. The molecule has 1 atom stereocenters. The number of phenolic OH excluding ortho intramolecular Hbond substituents is 1. The highest BCUT2D eigenvalue weighted by atomic mass is 35.5. The number of likely N-dealkylation sites (tertiary alicyclic amines) is 1. The van der Waals surface area contributed by atoms with E-state index in [1.54, 1.807) is 12.1 Å². The third kappa shape index (κ3) is 4.50. The zero-order chi connectivity index (χ0) is 22.7. The van der Waals surface area contributed by atoms with Crippen molar-refractivity contribution in [2.24, 2.45) is 0 Å². The number of rotatable bonds is 7. The molecule has 3 rings (SSSR count). The number of nitrogens with zero attached hydrogens (tertiary/aromatic N) is 1. The molecule has 1 unspecified atom stereocenters. The maximum Gasteiger partial charge on any atom is 0.295 e. The summed E-state index contributed by atoms with van der Waals surface area (Å²) in [6.45, 7) is 2.40. The van der Waals surface area contributed by atoms with Gasteiger partial charge in [-0.3, -0.25) is 9.59 Å². The summed E-state index contributed by atoms with van der Waals surface area (Å²) < 4.78 is 5.31. The number of carbonyl (C=O) groups is 2. The molecule has 0 aromatic heterocycles. The minimum absolute atomic E-state index is 0.0509. The number of phenols is 1. The number of carbonyl (C=O) groups excluding carboxylic acids is 2. The van der Waals surface area contributed by atoms with Crippen LogP contribution in [0.2, 0.25) is 10.0 Å². The molecule has 164 valence electrons. The summed E-state index contributed by atoms with van der Waals surface area (Å²) in [7, 11) is 1.38. The number of unbranched alkanes of at least 4 members (excludes halogenated alkanes) is 2. The van der Waals surface area contributed by atoms with Gasteiger partial charge in [0, 0.05) is 11.6 Å². The van der Waals surface area contributed by atoms with Crippen LogP contribution in [-0.4, -0.2) is 40.5 Å². The topological polar surface area (TPSA) is 87.1 Å². The van der Waals surface area contributed by atoms with Gasteiger partial charge in [-0.2, -0.15) is 0 Å². The number of amides is 1. The Morgan fingerprint density at radius 2 is 1.81 bits per heavy atom. The molecule has 1 aliphatic rings. The number of halogens is 2. The van der Waals surface area contributed by atoms with E-state index in [0.29, 0.717) is 18.5 Å². The Balaban J connectivity index is 2.21. The number of benzene rings is 2. The predicted molar refractivity (Wildman–Crippen MR) is 120 cm³/mol. The number of Topliss-reactive ketones (excluding diaryl/α,β-unsaturated/α-hetero) is 1. The van der Waals surface area contributed by atoms with Gasteiger partial charge in [0.05, 0.1) is 29.3 Å². The zero-order valence-electron chi connectivity index (χ0n) is 17.2. The number of methoxy groups -OCH3 is 1. The molecule has 0 radical (unpaired) electrons. The largest absolute Gasteiger partial charge is 0.508 e. The van der Waals surface area contributed by atoms with Gasteiger partial charge in [-0.15, -0.1) is 0 Å². The lowest BCUT2D eigenvalue weighted by Crippen LogP contribution is -2.30. The van der Waals surface area contributed by atoms with Gasteiger partial charge in [0.2, 0.25) is 0 Å². The minimum atomic E-state index is -0.820. The summed E-state index contributed by atoms with van der Waals surface area (Å²) in [4.78, 5) is 27.4. The van der Waals surface area contributed by atoms with Crippen LogP contribution >= 0.6 is 23.2 Å². The summed E-state index contributed by atoms with van der Waals surface area (Å²) >= 11 is 12.3. The van der Waals surface area contributed by atoms with Gasteiger partial charge >= 0.3 is 0 Å². The Hall–Kier alpha value is -2.70. The fourth-order valence-corrected chi connectivity index (χ4v) is 4.31. The van der Waals surface area contributed by atoms with Gasteiger partial charge in [0.1, 0.15) is 17.3 Å². The second kappa shape index (κ2) is 9.62. The molecule has 0 aliphatic carbocycles. The molecule has 1 saturated heterocycles. The first-order chi connectivity index (χ1) is 14.8. The predicted octanol–water partition coefficient (Wildman–Crippen LogP) is 5.32. The third-order valence-electron chi connectivity index (χ3n) is 5.22. The van der Waals surface area contributed by atoms with E-state index in [0.717, 1.165) is 12.8 Å². The van der Waals surface area contributed by atoms with E-state index < -0.39 is 23.5 Å². The number of aliphatic hydroxyl groups excluding tert-OH is 1. The molecule has 8 heteroatoms. The van der Waals surface area contributed by atoms with Crippen LogP contribution in [0.3, 0.4) is 0 Å². The molecule has 2 N–H and O–H groups in total. The molecule has 1 aliphatic heterocycles. The number of aromatic hydroxyl groups is 1. The summed E-state index contributed by atoms with van der Waals surface area (Å²) in [6.07, 6.45) is 2.56. The first-order valence-corrected chi connectivity index (χ1v) is 10.7. The lowest BCUT2D eigenvalue weighted by atomic mass is 9.95. The van der Waals surface area contributed by atoms with E-state index >= 15 is 0 Å². The lowest BCUT2D eigenvalue weighted by Gasteiger charge is -2.25. The Labute approximate surface area is 190 Å². The molecule has 0 saturated carbocycles. The lowest BCUT2D eigenvalue weighted by molar-refractivity contribution is -0.139. The quantitative estimate of drug-likeness (QED) is 0.251. The minimum Gasteiger partial charge on any atom is -0.508 e. The van der Waals surface area contributed by atoms with Gasteiger partial charge in [0.15, 0.2) is 0 Å². The Bertz CT molecular complexity index is 1030. The number of aliphatic hydroxyl groups is 1. The van der Waals surface area contributed by atoms with Crippen LogP contribution in [0, 0.1) is 0 Å². The number of ketones is 1. The maximum absolute atomic E-state index is 13.0. The van der Waals surface area contributed by atoms with E-state index in [1.165, 1.54) is 36.3 Å². The van der Waals surface area contributed by atoms with Gasteiger partial charge in [0.25, 0.3) is 11.7 Å². The molecule has 6 nitrogen and oxygen atoms in total. The monoisotopic (exact) mass is 463 g/mol. The molecule has 31 heavy (non-hydrogen) atoms. The molecule has 1 amide bonds. The van der Waals surface area contributed by atoms with E-state index in [2.05, 4.69) is 0 Å². The first-order valence-electron chi connectivity index (χ1n) is 9.90. The van der Waals surface area contributed by atoms with Crippen molar-refractivity contribution < 1.29 is 24.5 Å². The SMILES string of the molecule is CCCCCN1C(=O)C(=O)/C(=C(/O)c2cc(Cl)cc(Cl)c2OC)C1c1ccc(O)cc1. The van der Waals surface area contributed by atoms with Crippen LogP contribution in [0.15, 0.2) is 42.0 Å². The molecule has 0 bridgehead atoms. The summed E-state index contributed by atoms with van der Waals surface area (Å²) in [6, 6.07) is 8.25. The molecular formula is C23H23Cl2NO5. The van der Waals surface area contributed by atoms with Crippen molar-refractivity contribution >= 4 is 40.7 Å². The van der Waals surface area contributed by atoms with Crippen LogP contribution in [-0.2, 0) is 9.59 Å². The summed E-state index contributed by atoms with van der Waals surface area (Å²) in [5.74, 6) is -1.72. The molecule has 2 aromatic rings. The highest BCUT2D eigenvalue weighted by molar-refractivity contribution is 6.46. The number of hydrogen-bond acceptors (Lipinski definition) is 5. The van der Waals surface area contributed by atoms with Crippen molar-refractivity contribution in [3.05, 3.63) is 63.1 Å². The van der Waals surface area contributed by atoms with Crippen LogP contribution in [0.25, 0.3) is 5.76 Å². The Morgan fingerprint density at radius 3 is 2.42 bits per heavy atom. The number of hydrogen-bond donors (Lipinski definition) is 2. The van der Waals surface area contributed by atoms with Crippen LogP contribution < -0.4 is 4.74 Å². The normalized spacial score (nSPS) is 17.9. The van der Waals surface area contributed by atoms with Crippen molar-refractivity contribution in [3.63, 3.8) is 0 Å². The summed E-state index contributed by atoms with van der Waals surface area (Å²) in [5, 5.41) is 21.3. The third-order valence-corrected chi connectivity index (χ3v) is 5.72. The van der Waals surface area contributed by atoms with Crippen molar-refractivity contribution in [1.29, 1.82) is 0 Å². The van der Waals surface area contributed by atoms with Crippen LogP contribution in [0.4, 0.5) is 0 Å². The van der Waals surface area contributed by atoms with Crippen molar-refractivity contribution in [1.82, 2.24) is 4.90 Å². The van der Waals surface area contributed by atoms with E-state index in [4.69, 9.17) is 27.9 Å². The molecule has 1 heterocycles. The van der Waals surface area contributed by atoms with E-state index in [9.17, 15) is 19.8 Å². The van der Waals surface area contributed by atoms with Gasteiger partial charge in [-0.05, 0) is 36.2 Å². The molecule has 1 fully saturated rings. The second-order valence-corrected chi connectivity index (χ2v) is 8.10. The Kier molecular flexibility index (Phi) is 7.13. The molecule has 2 aromatic carbocycles. The van der Waals surface area contributed by atoms with Crippen molar-refractivity contribution in [3.8, 4) is 11.5 Å².